The molecule has 5 unspecified atom stereocenters. The first-order valence-corrected chi connectivity index (χ1v) is 18.4. The van der Waals surface area contributed by atoms with Crippen molar-refractivity contribution in [3.63, 3.8) is 0 Å². The number of allylic oxidation sites excluding steroid dienone is 2. The first-order valence-electron chi connectivity index (χ1n) is 18.0. The second-order valence-electron chi connectivity index (χ2n) is 13.6. The highest BCUT2D eigenvalue weighted by molar-refractivity contribution is 6.31. The fourth-order valence-electron chi connectivity index (χ4n) is 7.48. The molecule has 0 bridgehead atoms. The molecule has 3 aliphatic heterocycles. The van der Waals surface area contributed by atoms with Crippen molar-refractivity contribution in [3.8, 4) is 0 Å². The van der Waals surface area contributed by atoms with Gasteiger partial charge in [0, 0.05) is 48.5 Å². The molecule has 1 aromatic carbocycles. The van der Waals surface area contributed by atoms with Crippen molar-refractivity contribution in [2.45, 2.75) is 83.0 Å². The van der Waals surface area contributed by atoms with Gasteiger partial charge in [-0.05, 0) is 62.5 Å². The van der Waals surface area contributed by atoms with Crippen LogP contribution in [0.1, 0.15) is 52.0 Å². The molecule has 2 fully saturated rings. The maximum atomic E-state index is 6.61. The molecule has 0 spiro atoms. The summed E-state index contributed by atoms with van der Waals surface area (Å²) in [4.78, 5) is 8.93. The molecular weight excluding hydrogens is 652 g/mol. The van der Waals surface area contributed by atoms with Gasteiger partial charge in [-0.2, -0.15) is 20.1 Å². The van der Waals surface area contributed by atoms with E-state index in [4.69, 9.17) is 25.8 Å². The van der Waals surface area contributed by atoms with Crippen molar-refractivity contribution in [2.24, 2.45) is 5.10 Å². The molecule has 0 saturated carbocycles. The Morgan fingerprint density at radius 2 is 1.88 bits per heavy atom. The number of hydrogen-bond acceptors (Lipinski definition) is 10. The summed E-state index contributed by atoms with van der Waals surface area (Å²) in [6, 6.07) is 8.59. The van der Waals surface area contributed by atoms with E-state index in [0.29, 0.717) is 30.3 Å². The van der Waals surface area contributed by atoms with Gasteiger partial charge in [-0.25, -0.2) is 5.01 Å². The van der Waals surface area contributed by atoms with E-state index in [-0.39, 0.29) is 18.7 Å². The van der Waals surface area contributed by atoms with Crippen LogP contribution >= 0.6 is 11.6 Å². The predicted octanol–water partition coefficient (Wildman–Crippen LogP) is 5.87. The Bertz CT molecular complexity index is 1660. The van der Waals surface area contributed by atoms with Gasteiger partial charge >= 0.3 is 0 Å². The zero-order valence-corrected chi connectivity index (χ0v) is 30.2. The number of ether oxygens (including phenoxy) is 3. The minimum atomic E-state index is -1.10. The van der Waals surface area contributed by atoms with E-state index in [9.17, 15) is 0 Å². The van der Waals surface area contributed by atoms with Crippen molar-refractivity contribution in [1.82, 2.24) is 34.7 Å². The maximum absolute atomic E-state index is 6.61. The predicted molar refractivity (Wildman–Crippen MR) is 195 cm³/mol. The van der Waals surface area contributed by atoms with Crippen molar-refractivity contribution in [3.05, 3.63) is 107 Å². The van der Waals surface area contributed by atoms with E-state index >= 15 is 0 Å². The zero-order valence-electron chi connectivity index (χ0n) is 29.4. The van der Waals surface area contributed by atoms with Gasteiger partial charge in [-0.1, -0.05) is 62.4 Å². The van der Waals surface area contributed by atoms with Crippen LogP contribution in [0.15, 0.2) is 102 Å². The lowest BCUT2D eigenvalue weighted by Gasteiger charge is -2.42. The smallest absolute Gasteiger partial charge is 0.219 e. The second-order valence-corrected chi connectivity index (χ2v) is 14.0. The third kappa shape index (κ3) is 7.14. The van der Waals surface area contributed by atoms with E-state index < -0.39 is 5.79 Å². The number of hydrogen-bond donors (Lipinski definition) is 0. The topological polar surface area (TPSA) is 83.7 Å². The lowest BCUT2D eigenvalue weighted by Crippen LogP contribution is -2.50. The Morgan fingerprint density at radius 3 is 2.60 bits per heavy atom. The molecule has 0 radical (unpaired) electrons. The number of hydrazone groups is 1. The average molecular weight is 701 g/mol. The van der Waals surface area contributed by atoms with Gasteiger partial charge in [0.1, 0.15) is 37.2 Å². The van der Waals surface area contributed by atoms with E-state index in [1.807, 2.05) is 35.6 Å². The Hall–Kier alpha value is -3.90. The number of halogens is 1. The van der Waals surface area contributed by atoms with Crippen molar-refractivity contribution in [2.75, 3.05) is 39.4 Å². The maximum Gasteiger partial charge on any atom is 0.219 e. The summed E-state index contributed by atoms with van der Waals surface area (Å²) in [5.74, 6) is 0.765. The molecule has 4 heterocycles. The molecule has 5 aliphatic rings. The van der Waals surface area contributed by atoms with Gasteiger partial charge in [0.05, 0.1) is 31.1 Å². The third-order valence-corrected chi connectivity index (χ3v) is 10.8. The molecule has 1 aromatic heterocycles. The first-order chi connectivity index (χ1) is 24.4. The lowest BCUT2D eigenvalue weighted by molar-refractivity contribution is -0.193. The summed E-state index contributed by atoms with van der Waals surface area (Å²) in [5, 5.41) is 15.8. The quantitative estimate of drug-likeness (QED) is 0.270. The van der Waals surface area contributed by atoms with E-state index in [1.54, 1.807) is 17.2 Å². The van der Waals surface area contributed by atoms with Crippen LogP contribution in [-0.2, 0) is 26.5 Å². The van der Waals surface area contributed by atoms with Gasteiger partial charge in [0.15, 0.2) is 0 Å². The number of nitrogens with zero attached hydrogens (tertiary/aromatic N) is 8. The molecule has 2 aliphatic carbocycles. The number of rotatable bonds is 12. The number of aromatic nitrogens is 3. The Labute approximate surface area is 300 Å². The molecule has 50 heavy (non-hydrogen) atoms. The summed E-state index contributed by atoms with van der Waals surface area (Å²) >= 11 is 6.61. The fraction of sp³-hybridized carbons (Fsp3) is 0.500. The molecule has 7 rings (SSSR count). The normalized spacial score (nSPS) is 27.8. The molecular formula is C38H49ClN8O3. The zero-order chi connectivity index (χ0) is 34.7. The number of benzene rings is 1. The minimum Gasteiger partial charge on any atom is -0.491 e. The van der Waals surface area contributed by atoms with Gasteiger partial charge in [-0.15, -0.1) is 0 Å². The molecule has 266 valence electrons. The fourth-order valence-corrected chi connectivity index (χ4v) is 7.76. The van der Waals surface area contributed by atoms with Crippen molar-refractivity contribution >= 4 is 17.9 Å². The van der Waals surface area contributed by atoms with E-state index in [0.717, 1.165) is 69.0 Å². The van der Waals surface area contributed by atoms with Crippen molar-refractivity contribution in [1.29, 1.82) is 0 Å². The lowest BCUT2D eigenvalue weighted by atomic mass is 9.93. The van der Waals surface area contributed by atoms with Gasteiger partial charge < -0.3 is 24.0 Å². The minimum absolute atomic E-state index is 0.255. The van der Waals surface area contributed by atoms with Crippen LogP contribution < -0.4 is 0 Å². The molecule has 0 N–H and O–H groups in total. The second kappa shape index (κ2) is 15.1. The summed E-state index contributed by atoms with van der Waals surface area (Å²) in [5.41, 5.74) is 3.49. The third-order valence-electron chi connectivity index (χ3n) is 10.5. The number of piperazine rings is 1. The molecule has 12 heteroatoms. The highest BCUT2D eigenvalue weighted by Crippen LogP contribution is 2.40. The van der Waals surface area contributed by atoms with Crippen LogP contribution in [0.25, 0.3) is 0 Å². The first kappa shape index (κ1) is 34.5. The molecule has 2 saturated heterocycles. The van der Waals surface area contributed by atoms with Crippen LogP contribution in [0.3, 0.4) is 0 Å². The molecule has 2 aromatic rings. The summed E-state index contributed by atoms with van der Waals surface area (Å²) in [7, 11) is 0. The summed E-state index contributed by atoms with van der Waals surface area (Å²) in [6.07, 6.45) is 20.3. The van der Waals surface area contributed by atoms with Crippen LogP contribution in [-0.4, -0.2) is 105 Å². The highest BCUT2D eigenvalue weighted by Gasteiger charge is 2.46. The Kier molecular flexibility index (Phi) is 10.5. The molecule has 0 amide bonds. The largest absolute Gasteiger partial charge is 0.491 e. The van der Waals surface area contributed by atoms with Crippen molar-refractivity contribution < 1.29 is 14.2 Å². The molecule has 5 atom stereocenters. The monoisotopic (exact) mass is 700 g/mol. The standard InChI is InChI=1S/C38H49ClN8O3/c1-5-28(3)47-29(4)45(27-42-47)32-13-11-31(12-14-32)43-19-21-44(22-20-43)37-16-15-33(23-30(37)6-2)48-24-34-25-49-38(50-34,26-46-40-17-18-41-46)35-9-7-8-10-36(35)39/h7-13,15,17-18,23,27-28,32,34,37H,4-6,14,16,19-22,24-26H2,1-3H3. The van der Waals surface area contributed by atoms with Gasteiger partial charge in [0.25, 0.3) is 0 Å². The van der Waals surface area contributed by atoms with Crippen LogP contribution in [0.5, 0.6) is 0 Å². The van der Waals surface area contributed by atoms with Gasteiger partial charge in [0.2, 0.25) is 5.79 Å². The van der Waals surface area contributed by atoms with E-state index in [2.05, 4.69) is 87.7 Å². The Balaban J connectivity index is 0.901. The Morgan fingerprint density at radius 1 is 1.08 bits per heavy atom. The summed E-state index contributed by atoms with van der Waals surface area (Å²) in [6.45, 7) is 16.1. The van der Waals surface area contributed by atoms with E-state index in [1.165, 1.54) is 11.3 Å². The molecule has 11 nitrogen and oxygen atoms in total. The SMILES string of the molecule is C=C1N(C2C=CC(N3CCN(C4CC=C(OCC5COC(Cn6nccn6)(c6ccccc6Cl)O5)C=C4CC)CC3)=CC2)C=NN1C(C)CC. The summed E-state index contributed by atoms with van der Waals surface area (Å²) < 4.78 is 19.2. The highest BCUT2D eigenvalue weighted by atomic mass is 35.5. The van der Waals surface area contributed by atoms with Gasteiger partial charge in [-0.3, -0.25) is 4.90 Å². The van der Waals surface area contributed by atoms with Crippen LogP contribution in [0.2, 0.25) is 5.02 Å². The van der Waals surface area contributed by atoms with Crippen LogP contribution in [0.4, 0.5) is 0 Å². The van der Waals surface area contributed by atoms with Crippen LogP contribution in [0, 0.1) is 0 Å². The average Bonchev–Trinajstić information content (AvgIpc) is 3.92.